The topological polar surface area (TPSA) is 75.0 Å². The van der Waals surface area contributed by atoms with Crippen LogP contribution in [0.15, 0.2) is 16.2 Å². The quantitative estimate of drug-likeness (QED) is 0.907. The Morgan fingerprint density at radius 1 is 1.43 bits per heavy atom. The fourth-order valence-electron chi connectivity index (χ4n) is 3.15. The molecule has 0 spiro atoms. The number of aromatic nitrogens is 2. The maximum Gasteiger partial charge on any atom is 0.268 e. The summed E-state index contributed by atoms with van der Waals surface area (Å²) in [5.41, 5.74) is 6.77. The van der Waals surface area contributed by atoms with Crippen LogP contribution in [-0.2, 0) is 6.54 Å². The Morgan fingerprint density at radius 2 is 2.19 bits per heavy atom. The van der Waals surface area contributed by atoms with E-state index in [0.717, 1.165) is 43.6 Å². The van der Waals surface area contributed by atoms with Gasteiger partial charge in [0.25, 0.3) is 5.56 Å². The molecule has 1 aliphatic carbocycles. The first kappa shape index (κ1) is 14.7. The molecule has 114 valence electrons. The smallest absolute Gasteiger partial charge is 0.268 e. The van der Waals surface area contributed by atoms with Crippen LogP contribution >= 0.6 is 11.3 Å². The lowest BCUT2D eigenvalue weighted by Gasteiger charge is -2.35. The first-order valence-electron chi connectivity index (χ1n) is 7.63. The number of rotatable bonds is 4. The van der Waals surface area contributed by atoms with E-state index in [1.54, 1.807) is 0 Å². The van der Waals surface area contributed by atoms with E-state index in [2.05, 4.69) is 21.8 Å². The van der Waals surface area contributed by atoms with Gasteiger partial charge in [-0.25, -0.2) is 4.98 Å². The number of fused-ring (bicyclic) bond motifs is 1. The Morgan fingerprint density at radius 3 is 2.90 bits per heavy atom. The zero-order valence-corrected chi connectivity index (χ0v) is 13.2. The molecule has 3 N–H and O–H groups in total. The summed E-state index contributed by atoms with van der Waals surface area (Å²) >= 11 is 1.44. The van der Waals surface area contributed by atoms with Gasteiger partial charge in [-0.15, -0.1) is 11.3 Å². The van der Waals surface area contributed by atoms with Gasteiger partial charge in [-0.05, 0) is 43.7 Å². The van der Waals surface area contributed by atoms with Crippen molar-refractivity contribution in [3.8, 4) is 0 Å². The third kappa shape index (κ3) is 3.17. The Kier molecular flexibility index (Phi) is 4.37. The molecule has 2 heterocycles. The molecule has 0 atom stereocenters. The molecule has 0 aromatic carbocycles. The van der Waals surface area contributed by atoms with Crippen molar-refractivity contribution in [2.75, 3.05) is 6.54 Å². The van der Waals surface area contributed by atoms with Crippen molar-refractivity contribution >= 4 is 21.6 Å². The van der Waals surface area contributed by atoms with Crippen LogP contribution in [0, 0.1) is 0 Å². The molecule has 1 aliphatic rings. The van der Waals surface area contributed by atoms with E-state index in [4.69, 9.17) is 5.73 Å². The van der Waals surface area contributed by atoms with Gasteiger partial charge < -0.3 is 10.7 Å². The summed E-state index contributed by atoms with van der Waals surface area (Å²) in [7, 11) is 0. The highest BCUT2D eigenvalue weighted by Crippen LogP contribution is 2.23. The van der Waals surface area contributed by atoms with Gasteiger partial charge in [0.2, 0.25) is 0 Å². The molecule has 1 saturated carbocycles. The van der Waals surface area contributed by atoms with Gasteiger partial charge in [0.05, 0.1) is 12.1 Å². The highest BCUT2D eigenvalue weighted by atomic mass is 32.1. The van der Waals surface area contributed by atoms with E-state index in [-0.39, 0.29) is 5.56 Å². The normalized spacial score (nSPS) is 23.0. The minimum absolute atomic E-state index is 0.0216. The van der Waals surface area contributed by atoms with Crippen LogP contribution in [0.5, 0.6) is 0 Å². The van der Waals surface area contributed by atoms with Crippen LogP contribution in [-0.4, -0.2) is 33.5 Å². The predicted molar refractivity (Wildman–Crippen MR) is 86.6 cm³/mol. The fourth-order valence-corrected chi connectivity index (χ4v) is 3.88. The average Bonchev–Trinajstić information content (AvgIpc) is 2.95. The molecule has 0 amide bonds. The summed E-state index contributed by atoms with van der Waals surface area (Å²) < 4.78 is 0.713. The number of hydrogen-bond donors (Lipinski definition) is 2. The minimum Gasteiger partial charge on any atom is -0.328 e. The van der Waals surface area contributed by atoms with Crippen molar-refractivity contribution in [2.24, 2.45) is 5.73 Å². The fraction of sp³-hybridized carbons (Fsp3) is 0.600. The number of nitrogens with one attached hydrogen (secondary N) is 1. The molecular formula is C15H22N4OS. The molecule has 1 fully saturated rings. The highest BCUT2D eigenvalue weighted by molar-refractivity contribution is 7.17. The van der Waals surface area contributed by atoms with Gasteiger partial charge in [-0.3, -0.25) is 9.69 Å². The van der Waals surface area contributed by atoms with E-state index in [1.165, 1.54) is 11.3 Å². The maximum atomic E-state index is 12.0. The first-order valence-corrected chi connectivity index (χ1v) is 8.51. The molecule has 0 radical (unpaired) electrons. The molecule has 0 aliphatic heterocycles. The summed E-state index contributed by atoms with van der Waals surface area (Å²) in [4.78, 5) is 21.9. The zero-order chi connectivity index (χ0) is 14.8. The van der Waals surface area contributed by atoms with Crippen LogP contribution < -0.4 is 11.3 Å². The van der Waals surface area contributed by atoms with E-state index in [1.807, 2.05) is 11.4 Å². The summed E-state index contributed by atoms with van der Waals surface area (Å²) in [5.74, 6) is 0.766. The van der Waals surface area contributed by atoms with Gasteiger partial charge >= 0.3 is 0 Å². The van der Waals surface area contributed by atoms with Gasteiger partial charge in [0, 0.05) is 12.1 Å². The van der Waals surface area contributed by atoms with Gasteiger partial charge in [0.15, 0.2) is 0 Å². The lowest BCUT2D eigenvalue weighted by atomic mass is 9.91. The number of nitrogens with zero attached hydrogens (tertiary/aromatic N) is 2. The second-order valence-electron chi connectivity index (χ2n) is 5.78. The Labute approximate surface area is 128 Å². The highest BCUT2D eigenvalue weighted by Gasteiger charge is 2.24. The van der Waals surface area contributed by atoms with E-state index in [0.29, 0.717) is 23.3 Å². The molecule has 2 aromatic heterocycles. The third-order valence-electron chi connectivity index (χ3n) is 4.38. The van der Waals surface area contributed by atoms with Crippen LogP contribution in [0.3, 0.4) is 0 Å². The summed E-state index contributed by atoms with van der Waals surface area (Å²) in [6, 6.07) is 2.83. The Balaban J connectivity index is 1.77. The third-order valence-corrected chi connectivity index (χ3v) is 5.28. The molecule has 5 nitrogen and oxygen atoms in total. The Hall–Kier alpha value is -1.24. The maximum absolute atomic E-state index is 12.0. The average molecular weight is 306 g/mol. The molecule has 0 unspecified atom stereocenters. The predicted octanol–water partition coefficient (Wildman–Crippen LogP) is 2.08. The molecule has 6 heteroatoms. The van der Waals surface area contributed by atoms with Crippen LogP contribution in [0.4, 0.5) is 0 Å². The molecule has 3 rings (SSSR count). The van der Waals surface area contributed by atoms with E-state index >= 15 is 0 Å². The largest absolute Gasteiger partial charge is 0.328 e. The molecular weight excluding hydrogens is 284 g/mol. The van der Waals surface area contributed by atoms with Crippen LogP contribution in [0.1, 0.15) is 38.4 Å². The van der Waals surface area contributed by atoms with Crippen molar-refractivity contribution in [3.05, 3.63) is 27.6 Å². The van der Waals surface area contributed by atoms with Gasteiger partial charge in [0.1, 0.15) is 10.5 Å². The summed E-state index contributed by atoms with van der Waals surface area (Å²) in [6.45, 7) is 3.83. The van der Waals surface area contributed by atoms with Crippen LogP contribution in [0.2, 0.25) is 0 Å². The van der Waals surface area contributed by atoms with Crippen molar-refractivity contribution in [1.29, 1.82) is 0 Å². The van der Waals surface area contributed by atoms with Crippen molar-refractivity contribution in [2.45, 2.75) is 51.2 Å². The van der Waals surface area contributed by atoms with Gasteiger partial charge in [-0.2, -0.15) is 0 Å². The monoisotopic (exact) mass is 306 g/mol. The zero-order valence-electron chi connectivity index (χ0n) is 12.3. The van der Waals surface area contributed by atoms with E-state index in [9.17, 15) is 4.79 Å². The first-order chi connectivity index (χ1) is 10.2. The summed E-state index contributed by atoms with van der Waals surface area (Å²) in [5, 5.41) is 1.91. The molecule has 2 aromatic rings. The number of thiophene rings is 1. The SMILES string of the molecule is CCN(Cc1nc2ccsc2c(=O)[nH]1)C1CCC(N)CC1. The standard InChI is InChI=1S/C15H22N4OS/c1-2-19(11-5-3-10(16)4-6-11)9-13-17-12-7-8-21-14(12)15(20)18-13/h7-8,10-11H,2-6,9,16H2,1H3,(H,17,18,20). The second kappa shape index (κ2) is 6.25. The lowest BCUT2D eigenvalue weighted by Crippen LogP contribution is -2.40. The van der Waals surface area contributed by atoms with Crippen LogP contribution in [0.25, 0.3) is 10.2 Å². The molecule has 0 bridgehead atoms. The number of aromatic amines is 1. The minimum atomic E-state index is -0.0216. The molecule has 21 heavy (non-hydrogen) atoms. The van der Waals surface area contributed by atoms with Crippen molar-refractivity contribution in [1.82, 2.24) is 14.9 Å². The number of nitrogens with two attached hydrogens (primary N) is 1. The van der Waals surface area contributed by atoms with Crippen molar-refractivity contribution < 1.29 is 0 Å². The second-order valence-corrected chi connectivity index (χ2v) is 6.70. The van der Waals surface area contributed by atoms with Gasteiger partial charge in [-0.1, -0.05) is 6.92 Å². The lowest BCUT2D eigenvalue weighted by molar-refractivity contribution is 0.146. The van der Waals surface area contributed by atoms with Crippen molar-refractivity contribution in [3.63, 3.8) is 0 Å². The number of hydrogen-bond acceptors (Lipinski definition) is 5. The number of H-pyrrole nitrogens is 1. The molecule has 0 saturated heterocycles. The summed E-state index contributed by atoms with van der Waals surface area (Å²) in [6.07, 6.45) is 4.46. The van der Waals surface area contributed by atoms with E-state index < -0.39 is 0 Å². The Bertz CT molecular complexity index is 657.